The number of anilines is 1. The SMILES string of the molecule is CCOc1cc(-c2ccccc2)sc1C(=O)Nc1cccc(OCC(=O)N2CCCC2)c1. The minimum Gasteiger partial charge on any atom is -0.492 e. The first-order valence-electron chi connectivity index (χ1n) is 10.8. The summed E-state index contributed by atoms with van der Waals surface area (Å²) >= 11 is 1.39. The molecule has 1 fully saturated rings. The number of likely N-dealkylation sites (tertiary alicyclic amines) is 1. The fourth-order valence-electron chi connectivity index (χ4n) is 3.59. The fourth-order valence-corrected chi connectivity index (χ4v) is 4.60. The molecule has 6 nitrogen and oxygen atoms in total. The third kappa shape index (κ3) is 5.29. The molecular weight excluding hydrogens is 424 g/mol. The molecule has 1 aliphatic heterocycles. The third-order valence-electron chi connectivity index (χ3n) is 5.18. The molecule has 2 amide bonds. The summed E-state index contributed by atoms with van der Waals surface area (Å²) in [4.78, 5) is 28.5. The Hall–Kier alpha value is -3.32. The molecule has 7 heteroatoms. The number of hydrogen-bond donors (Lipinski definition) is 1. The first kappa shape index (κ1) is 21.9. The van der Waals surface area contributed by atoms with E-state index in [0.29, 0.717) is 28.7 Å². The molecule has 0 atom stereocenters. The maximum atomic E-state index is 13.0. The van der Waals surface area contributed by atoms with Gasteiger partial charge in [-0.05, 0) is 43.5 Å². The van der Waals surface area contributed by atoms with Gasteiger partial charge in [0.15, 0.2) is 6.61 Å². The molecule has 2 heterocycles. The van der Waals surface area contributed by atoms with Crippen molar-refractivity contribution in [2.45, 2.75) is 19.8 Å². The second kappa shape index (κ2) is 10.3. The van der Waals surface area contributed by atoms with E-state index in [2.05, 4.69) is 5.32 Å². The van der Waals surface area contributed by atoms with Crippen molar-refractivity contribution in [3.05, 3.63) is 65.5 Å². The molecule has 32 heavy (non-hydrogen) atoms. The van der Waals surface area contributed by atoms with Crippen molar-refractivity contribution in [3.63, 3.8) is 0 Å². The number of carbonyl (C=O) groups is 2. The minimum atomic E-state index is -0.245. The van der Waals surface area contributed by atoms with Gasteiger partial charge in [0, 0.05) is 29.7 Å². The van der Waals surface area contributed by atoms with Crippen LogP contribution in [0.3, 0.4) is 0 Å². The second-order valence-electron chi connectivity index (χ2n) is 7.46. The highest BCUT2D eigenvalue weighted by atomic mass is 32.1. The van der Waals surface area contributed by atoms with Gasteiger partial charge < -0.3 is 19.7 Å². The van der Waals surface area contributed by atoms with Gasteiger partial charge in [-0.1, -0.05) is 36.4 Å². The van der Waals surface area contributed by atoms with Crippen molar-refractivity contribution >= 4 is 28.8 Å². The molecule has 0 saturated carbocycles. The topological polar surface area (TPSA) is 67.9 Å². The molecule has 1 aromatic heterocycles. The average molecular weight is 451 g/mol. The quantitative estimate of drug-likeness (QED) is 0.520. The number of nitrogens with zero attached hydrogens (tertiary/aromatic N) is 1. The zero-order chi connectivity index (χ0) is 22.3. The van der Waals surface area contributed by atoms with Crippen LogP contribution >= 0.6 is 11.3 Å². The minimum absolute atomic E-state index is 0.00273. The number of amides is 2. The first-order chi connectivity index (χ1) is 15.6. The van der Waals surface area contributed by atoms with Gasteiger partial charge in [0.05, 0.1) is 6.61 Å². The van der Waals surface area contributed by atoms with E-state index in [1.807, 2.05) is 48.2 Å². The zero-order valence-corrected chi connectivity index (χ0v) is 18.8. The van der Waals surface area contributed by atoms with E-state index in [1.165, 1.54) is 11.3 Å². The van der Waals surface area contributed by atoms with Crippen LogP contribution in [0.15, 0.2) is 60.7 Å². The highest BCUT2D eigenvalue weighted by Gasteiger charge is 2.20. The molecule has 0 radical (unpaired) electrons. The molecule has 166 valence electrons. The van der Waals surface area contributed by atoms with Crippen LogP contribution in [0.5, 0.6) is 11.5 Å². The Labute approximate surface area is 191 Å². The van der Waals surface area contributed by atoms with Crippen molar-refractivity contribution in [2.24, 2.45) is 0 Å². The summed E-state index contributed by atoms with van der Waals surface area (Å²) in [5, 5.41) is 2.92. The molecule has 2 aromatic carbocycles. The molecule has 0 bridgehead atoms. The lowest BCUT2D eigenvalue weighted by Crippen LogP contribution is -2.32. The van der Waals surface area contributed by atoms with Crippen molar-refractivity contribution in [1.29, 1.82) is 0 Å². The van der Waals surface area contributed by atoms with E-state index in [0.717, 1.165) is 36.4 Å². The summed E-state index contributed by atoms with van der Waals surface area (Å²) in [6, 6.07) is 18.9. The van der Waals surface area contributed by atoms with Crippen LogP contribution in [-0.4, -0.2) is 43.0 Å². The third-order valence-corrected chi connectivity index (χ3v) is 6.34. The van der Waals surface area contributed by atoms with Gasteiger partial charge in [0.2, 0.25) is 0 Å². The van der Waals surface area contributed by atoms with Gasteiger partial charge in [0.25, 0.3) is 11.8 Å². The Morgan fingerprint density at radius 1 is 1.00 bits per heavy atom. The largest absolute Gasteiger partial charge is 0.492 e. The van der Waals surface area contributed by atoms with Crippen LogP contribution in [0.1, 0.15) is 29.4 Å². The summed E-state index contributed by atoms with van der Waals surface area (Å²) in [6.07, 6.45) is 2.09. The fraction of sp³-hybridized carbons (Fsp3) is 0.280. The highest BCUT2D eigenvalue weighted by molar-refractivity contribution is 7.17. The lowest BCUT2D eigenvalue weighted by Gasteiger charge is -2.15. The molecule has 0 aliphatic carbocycles. The monoisotopic (exact) mass is 450 g/mol. The van der Waals surface area contributed by atoms with Crippen molar-refractivity contribution in [3.8, 4) is 21.9 Å². The lowest BCUT2D eigenvalue weighted by atomic mass is 10.2. The van der Waals surface area contributed by atoms with E-state index in [9.17, 15) is 9.59 Å². The van der Waals surface area contributed by atoms with Gasteiger partial charge >= 0.3 is 0 Å². The maximum Gasteiger partial charge on any atom is 0.269 e. The molecule has 1 N–H and O–H groups in total. The Kier molecular flexibility index (Phi) is 7.07. The van der Waals surface area contributed by atoms with E-state index >= 15 is 0 Å². The van der Waals surface area contributed by atoms with Crippen molar-refractivity contribution in [2.75, 3.05) is 31.6 Å². The van der Waals surface area contributed by atoms with Crippen LogP contribution in [0.2, 0.25) is 0 Å². The molecule has 1 saturated heterocycles. The normalized spacial score (nSPS) is 13.1. The lowest BCUT2D eigenvalue weighted by molar-refractivity contribution is -0.132. The van der Waals surface area contributed by atoms with Crippen molar-refractivity contribution in [1.82, 2.24) is 4.90 Å². The standard InChI is InChI=1S/C25H26N2O4S/c1-2-30-21-16-22(18-9-4-3-5-10-18)32-24(21)25(29)26-19-11-8-12-20(15-19)31-17-23(28)27-13-6-7-14-27/h3-5,8-12,15-16H,2,6-7,13-14,17H2,1H3,(H,26,29). The van der Waals surface area contributed by atoms with Gasteiger partial charge in [-0.15, -0.1) is 11.3 Å². The Balaban J connectivity index is 1.45. The second-order valence-corrected chi connectivity index (χ2v) is 8.51. The Morgan fingerprint density at radius 2 is 1.78 bits per heavy atom. The van der Waals surface area contributed by atoms with E-state index < -0.39 is 0 Å². The van der Waals surface area contributed by atoms with Crippen LogP contribution < -0.4 is 14.8 Å². The number of benzene rings is 2. The van der Waals surface area contributed by atoms with E-state index in [1.54, 1.807) is 24.3 Å². The molecular formula is C25H26N2O4S. The van der Waals surface area contributed by atoms with Gasteiger partial charge in [-0.25, -0.2) is 0 Å². The number of rotatable bonds is 8. The predicted octanol–water partition coefficient (Wildman–Crippen LogP) is 5.07. The summed E-state index contributed by atoms with van der Waals surface area (Å²) in [7, 11) is 0. The average Bonchev–Trinajstić information content (AvgIpc) is 3.49. The predicted molar refractivity (Wildman–Crippen MR) is 127 cm³/mol. The number of nitrogens with one attached hydrogen (secondary N) is 1. The van der Waals surface area contributed by atoms with Gasteiger partial charge in [-0.3, -0.25) is 9.59 Å². The van der Waals surface area contributed by atoms with Crippen LogP contribution in [0, 0.1) is 0 Å². The molecule has 0 spiro atoms. The molecule has 0 unspecified atom stereocenters. The summed E-state index contributed by atoms with van der Waals surface area (Å²) < 4.78 is 11.4. The van der Waals surface area contributed by atoms with E-state index in [4.69, 9.17) is 9.47 Å². The Morgan fingerprint density at radius 3 is 2.53 bits per heavy atom. The molecule has 3 aromatic rings. The molecule has 4 rings (SSSR count). The smallest absolute Gasteiger partial charge is 0.269 e. The number of thiophene rings is 1. The van der Waals surface area contributed by atoms with Gasteiger partial charge in [0.1, 0.15) is 16.4 Å². The van der Waals surface area contributed by atoms with E-state index in [-0.39, 0.29) is 18.4 Å². The Bertz CT molecular complexity index is 1070. The first-order valence-corrected chi connectivity index (χ1v) is 11.6. The summed E-state index contributed by atoms with van der Waals surface area (Å²) in [5.74, 6) is 0.852. The zero-order valence-electron chi connectivity index (χ0n) is 18.0. The van der Waals surface area contributed by atoms with Gasteiger partial charge in [-0.2, -0.15) is 0 Å². The summed E-state index contributed by atoms with van der Waals surface area (Å²) in [6.45, 7) is 3.96. The number of carbonyl (C=O) groups excluding carboxylic acids is 2. The molecule has 1 aliphatic rings. The highest BCUT2D eigenvalue weighted by Crippen LogP contribution is 2.37. The number of ether oxygens (including phenoxy) is 2. The van der Waals surface area contributed by atoms with Crippen LogP contribution in [0.4, 0.5) is 5.69 Å². The summed E-state index contributed by atoms with van der Waals surface area (Å²) in [5.41, 5.74) is 1.63. The number of hydrogen-bond acceptors (Lipinski definition) is 5. The van der Waals surface area contributed by atoms with Crippen LogP contribution in [0.25, 0.3) is 10.4 Å². The van der Waals surface area contributed by atoms with Crippen molar-refractivity contribution < 1.29 is 19.1 Å². The maximum absolute atomic E-state index is 13.0. The van der Waals surface area contributed by atoms with Crippen LogP contribution in [-0.2, 0) is 4.79 Å².